The van der Waals surface area contributed by atoms with Crippen LogP contribution < -0.4 is 9.47 Å². The van der Waals surface area contributed by atoms with Gasteiger partial charge in [0.15, 0.2) is 23.0 Å². The number of hydrogen-bond acceptors (Lipinski definition) is 11. The minimum Gasteiger partial charge on any atom is -0.504 e. The summed E-state index contributed by atoms with van der Waals surface area (Å²) in [5.41, 5.74) is 0.154. The number of ketones is 1. The Bertz CT molecular complexity index is 1810. The Labute approximate surface area is 243 Å². The zero-order chi connectivity index (χ0) is 31.0. The van der Waals surface area contributed by atoms with Gasteiger partial charge in [-0.2, -0.15) is 0 Å². The molecule has 1 aliphatic carbocycles. The third-order valence-corrected chi connectivity index (χ3v) is 6.42. The molecular weight excluding hydrogens is 560 g/mol. The lowest BCUT2D eigenvalue weighted by atomic mass is 9.79. The molecule has 0 saturated carbocycles. The van der Waals surface area contributed by atoms with E-state index in [-0.39, 0.29) is 56.2 Å². The number of ether oxygens (including phenoxy) is 3. The molecule has 0 unspecified atom stereocenters. The molecule has 43 heavy (non-hydrogen) atoms. The largest absolute Gasteiger partial charge is 0.504 e. The van der Waals surface area contributed by atoms with Crippen LogP contribution in [-0.2, 0) is 14.3 Å². The molecule has 216 valence electrons. The summed E-state index contributed by atoms with van der Waals surface area (Å²) in [4.78, 5) is 51.3. The van der Waals surface area contributed by atoms with Gasteiger partial charge in [-0.3, -0.25) is 14.4 Å². The van der Waals surface area contributed by atoms with Crippen molar-refractivity contribution in [3.8, 4) is 34.5 Å². The number of fused-ring (bicyclic) bond motifs is 2. The third kappa shape index (κ3) is 5.34. The van der Waals surface area contributed by atoms with Crippen LogP contribution in [0.15, 0.2) is 72.8 Å². The van der Waals surface area contributed by atoms with Crippen molar-refractivity contribution in [2.45, 2.75) is 13.8 Å². The van der Waals surface area contributed by atoms with Crippen LogP contribution in [-0.4, -0.2) is 44.1 Å². The molecule has 0 heterocycles. The van der Waals surface area contributed by atoms with Gasteiger partial charge in [-0.05, 0) is 48.5 Å². The van der Waals surface area contributed by atoms with Gasteiger partial charge in [0.2, 0.25) is 5.78 Å². The molecule has 0 bridgehead atoms. The molecule has 4 aromatic rings. The van der Waals surface area contributed by atoms with Crippen LogP contribution >= 0.6 is 0 Å². The maximum Gasteiger partial charge on any atom is 0.343 e. The minimum absolute atomic E-state index is 0.0728. The van der Waals surface area contributed by atoms with Gasteiger partial charge in [0, 0.05) is 36.1 Å². The second kappa shape index (κ2) is 11.1. The fourth-order valence-electron chi connectivity index (χ4n) is 4.66. The summed E-state index contributed by atoms with van der Waals surface area (Å²) >= 11 is 0. The fourth-order valence-corrected chi connectivity index (χ4v) is 4.66. The predicted octanol–water partition coefficient (Wildman–Crippen LogP) is 4.68. The average molecular weight is 583 g/mol. The van der Waals surface area contributed by atoms with Crippen LogP contribution in [0.1, 0.15) is 56.8 Å². The van der Waals surface area contributed by atoms with Crippen molar-refractivity contribution in [1.29, 1.82) is 0 Å². The average Bonchev–Trinajstić information content (AvgIpc) is 2.94. The van der Waals surface area contributed by atoms with Crippen LogP contribution in [0.4, 0.5) is 0 Å². The molecule has 0 radical (unpaired) electrons. The Kier molecular flexibility index (Phi) is 7.31. The molecule has 4 N–H and O–H groups in total. The van der Waals surface area contributed by atoms with E-state index >= 15 is 0 Å². The maximum absolute atomic E-state index is 14.0. The van der Waals surface area contributed by atoms with Gasteiger partial charge in [-0.25, -0.2) is 4.79 Å². The standard InChI is InChI=1S/C32H22O11/c1-15(33)41-25-7-3-5-19-27(20-6-4-8-26(42-16(2)34)29(20)30(39)28(19)25)31(17-9-11-21(35)23(37)13-17)43-32(40)18-10-12-22(36)24(38)14-18/h3-14,35-38H,1-2H3. The van der Waals surface area contributed by atoms with E-state index in [2.05, 4.69) is 0 Å². The number of rotatable bonds is 5. The second-order valence-electron chi connectivity index (χ2n) is 9.37. The van der Waals surface area contributed by atoms with Gasteiger partial charge in [0.1, 0.15) is 17.3 Å². The fraction of sp³-hybridized carbons (Fsp3) is 0.0625. The molecule has 5 rings (SSSR count). The Morgan fingerprint density at radius 2 is 1.07 bits per heavy atom. The first kappa shape index (κ1) is 28.4. The minimum atomic E-state index is -1.00. The highest BCUT2D eigenvalue weighted by Crippen LogP contribution is 2.47. The van der Waals surface area contributed by atoms with E-state index in [9.17, 15) is 39.6 Å². The number of phenols is 4. The molecule has 0 spiro atoms. The van der Waals surface area contributed by atoms with E-state index in [4.69, 9.17) is 14.2 Å². The second-order valence-corrected chi connectivity index (χ2v) is 9.37. The van der Waals surface area contributed by atoms with Gasteiger partial charge >= 0.3 is 17.9 Å². The summed E-state index contributed by atoms with van der Waals surface area (Å²) in [5, 5.41) is 40.0. The number of carbonyl (C=O) groups excluding carboxylic acids is 4. The highest BCUT2D eigenvalue weighted by Gasteiger charge is 2.36. The molecule has 11 nitrogen and oxygen atoms in total. The van der Waals surface area contributed by atoms with Crippen molar-refractivity contribution in [2.75, 3.05) is 0 Å². The Morgan fingerprint density at radius 3 is 1.53 bits per heavy atom. The van der Waals surface area contributed by atoms with Crippen LogP contribution in [0.25, 0.3) is 11.3 Å². The topological polar surface area (TPSA) is 177 Å². The van der Waals surface area contributed by atoms with Gasteiger partial charge in [0.25, 0.3) is 0 Å². The Hall–Kier alpha value is -6.10. The first-order chi connectivity index (χ1) is 20.5. The third-order valence-electron chi connectivity index (χ3n) is 6.42. The first-order valence-electron chi connectivity index (χ1n) is 12.6. The lowest BCUT2D eigenvalue weighted by Gasteiger charge is -2.27. The molecule has 0 aromatic heterocycles. The van der Waals surface area contributed by atoms with E-state index in [1.54, 1.807) is 0 Å². The lowest BCUT2D eigenvalue weighted by molar-refractivity contribution is -0.132. The number of hydrogen-bond donors (Lipinski definition) is 4. The van der Waals surface area contributed by atoms with Crippen molar-refractivity contribution in [1.82, 2.24) is 0 Å². The quantitative estimate of drug-likeness (QED) is 0.0979. The number of carbonyl (C=O) groups is 4. The summed E-state index contributed by atoms with van der Waals surface area (Å²) in [6, 6.07) is 15.8. The normalized spacial score (nSPS) is 11.7. The molecular formula is C32H22O11. The predicted molar refractivity (Wildman–Crippen MR) is 150 cm³/mol. The van der Waals surface area contributed by atoms with Gasteiger partial charge in [-0.15, -0.1) is 0 Å². The SMILES string of the molecule is CC(=O)Oc1cccc2c1C(=O)c1c(OC(C)=O)cccc1C2=C(OC(=O)c1ccc(O)c(O)c1)c1ccc(O)c(O)c1. The number of benzene rings is 4. The zero-order valence-corrected chi connectivity index (χ0v) is 22.6. The van der Waals surface area contributed by atoms with Crippen molar-refractivity contribution in [3.63, 3.8) is 0 Å². The molecule has 4 aromatic carbocycles. The van der Waals surface area contributed by atoms with Crippen LogP contribution in [0.3, 0.4) is 0 Å². The molecule has 11 heteroatoms. The number of phenolic OH excluding ortho intramolecular Hbond substituents is 4. The van der Waals surface area contributed by atoms with Gasteiger partial charge < -0.3 is 34.6 Å². The summed E-state index contributed by atoms with van der Waals surface area (Å²) < 4.78 is 16.6. The smallest absolute Gasteiger partial charge is 0.343 e. The van der Waals surface area contributed by atoms with E-state index in [1.165, 1.54) is 48.5 Å². The molecule has 0 amide bonds. The molecule has 0 atom stereocenters. The van der Waals surface area contributed by atoms with E-state index < -0.39 is 46.7 Å². The van der Waals surface area contributed by atoms with Crippen LogP contribution in [0, 0.1) is 0 Å². The lowest BCUT2D eigenvalue weighted by Crippen LogP contribution is -2.20. The van der Waals surface area contributed by atoms with Crippen molar-refractivity contribution < 1.29 is 53.8 Å². The first-order valence-corrected chi connectivity index (χ1v) is 12.6. The molecule has 0 fully saturated rings. The summed E-state index contributed by atoms with van der Waals surface area (Å²) in [5.74, 6) is -5.59. The zero-order valence-electron chi connectivity index (χ0n) is 22.6. The summed E-state index contributed by atoms with van der Waals surface area (Å²) in [6.07, 6.45) is 0. The maximum atomic E-state index is 14.0. The Balaban J connectivity index is 1.88. The van der Waals surface area contributed by atoms with Crippen LogP contribution in [0.2, 0.25) is 0 Å². The molecule has 1 aliphatic rings. The molecule has 0 saturated heterocycles. The van der Waals surface area contributed by atoms with E-state index in [0.717, 1.165) is 38.1 Å². The highest BCUT2D eigenvalue weighted by molar-refractivity contribution is 6.24. The van der Waals surface area contributed by atoms with E-state index in [0.29, 0.717) is 0 Å². The van der Waals surface area contributed by atoms with Crippen molar-refractivity contribution in [2.24, 2.45) is 0 Å². The van der Waals surface area contributed by atoms with Crippen molar-refractivity contribution >= 4 is 35.0 Å². The number of esters is 3. The summed E-state index contributed by atoms with van der Waals surface area (Å²) in [7, 11) is 0. The van der Waals surface area contributed by atoms with E-state index in [1.807, 2.05) is 0 Å². The van der Waals surface area contributed by atoms with Gasteiger partial charge in [0.05, 0.1) is 16.7 Å². The summed E-state index contributed by atoms with van der Waals surface area (Å²) in [6.45, 7) is 2.31. The van der Waals surface area contributed by atoms with Gasteiger partial charge in [-0.1, -0.05) is 24.3 Å². The monoisotopic (exact) mass is 582 g/mol. The van der Waals surface area contributed by atoms with Crippen molar-refractivity contribution in [3.05, 3.63) is 106 Å². The highest BCUT2D eigenvalue weighted by atomic mass is 16.5. The van der Waals surface area contributed by atoms with Crippen LogP contribution in [0.5, 0.6) is 34.5 Å². The molecule has 0 aliphatic heterocycles. The number of aromatic hydroxyl groups is 4. The Morgan fingerprint density at radius 1 is 0.605 bits per heavy atom.